The van der Waals surface area contributed by atoms with E-state index in [4.69, 9.17) is 4.74 Å². The zero-order chi connectivity index (χ0) is 17.2. The molecule has 0 radical (unpaired) electrons. The third kappa shape index (κ3) is 5.44. The fourth-order valence-corrected chi connectivity index (χ4v) is 1.97. The van der Waals surface area contributed by atoms with Crippen LogP contribution in [0.2, 0.25) is 0 Å². The number of ether oxygens (including phenoxy) is 1. The van der Waals surface area contributed by atoms with Gasteiger partial charge in [0.15, 0.2) is 0 Å². The third-order valence-corrected chi connectivity index (χ3v) is 3.20. The number of nitrogens with zero attached hydrogens (tertiary/aromatic N) is 2. The van der Waals surface area contributed by atoms with Crippen LogP contribution in [0.1, 0.15) is 33.0 Å². The van der Waals surface area contributed by atoms with E-state index in [2.05, 4.69) is 20.6 Å². The molecule has 2 heterocycles. The molecule has 2 aromatic rings. The number of amides is 2. The summed E-state index contributed by atoms with van der Waals surface area (Å²) in [6, 6.07) is 8.44. The first-order valence-electron chi connectivity index (χ1n) is 7.62. The Morgan fingerprint density at radius 1 is 1.08 bits per heavy atom. The summed E-state index contributed by atoms with van der Waals surface area (Å²) in [5, 5.41) is 5.49. The molecular weight excluding hydrogens is 308 g/mol. The zero-order valence-electron chi connectivity index (χ0n) is 13.5. The molecule has 0 saturated heterocycles. The van der Waals surface area contributed by atoms with Crippen LogP contribution in [-0.2, 0) is 11.3 Å². The summed E-state index contributed by atoms with van der Waals surface area (Å²) in [6.45, 7) is 1.41. The van der Waals surface area contributed by atoms with Gasteiger partial charge < -0.3 is 15.4 Å². The van der Waals surface area contributed by atoms with Gasteiger partial charge in [-0.25, -0.2) is 4.98 Å². The van der Waals surface area contributed by atoms with Crippen LogP contribution < -0.4 is 10.6 Å². The van der Waals surface area contributed by atoms with Gasteiger partial charge in [0.25, 0.3) is 11.8 Å². The first-order chi connectivity index (χ1) is 11.7. The van der Waals surface area contributed by atoms with Gasteiger partial charge >= 0.3 is 0 Å². The van der Waals surface area contributed by atoms with Crippen molar-refractivity contribution in [2.75, 3.05) is 20.3 Å². The van der Waals surface area contributed by atoms with Crippen LogP contribution in [0.25, 0.3) is 0 Å². The molecule has 24 heavy (non-hydrogen) atoms. The van der Waals surface area contributed by atoms with E-state index in [1.54, 1.807) is 43.8 Å². The zero-order valence-corrected chi connectivity index (χ0v) is 13.5. The Morgan fingerprint density at radius 3 is 2.50 bits per heavy atom. The highest BCUT2D eigenvalue weighted by Crippen LogP contribution is 2.01. The maximum absolute atomic E-state index is 12.1. The van der Waals surface area contributed by atoms with Gasteiger partial charge in [0.2, 0.25) is 0 Å². The second kappa shape index (κ2) is 9.36. The van der Waals surface area contributed by atoms with Crippen molar-refractivity contribution < 1.29 is 14.3 Å². The van der Waals surface area contributed by atoms with Crippen LogP contribution in [0.15, 0.2) is 42.7 Å². The SMILES string of the molecule is COCCCNC(=O)c1cccc(C(=O)NCc2cccnc2)n1. The van der Waals surface area contributed by atoms with Crippen LogP contribution in [0.4, 0.5) is 0 Å². The lowest BCUT2D eigenvalue weighted by atomic mass is 10.2. The molecule has 7 nitrogen and oxygen atoms in total. The standard InChI is InChI=1S/C17H20N4O3/c1-24-10-4-9-19-16(22)14-6-2-7-15(21-14)17(23)20-12-13-5-3-8-18-11-13/h2-3,5-8,11H,4,9-10,12H2,1H3,(H,19,22)(H,20,23). The molecule has 0 atom stereocenters. The average Bonchev–Trinajstić information content (AvgIpc) is 2.64. The molecule has 0 aliphatic carbocycles. The Hall–Kier alpha value is -2.80. The minimum absolute atomic E-state index is 0.198. The Bertz CT molecular complexity index is 677. The molecule has 2 aromatic heterocycles. The molecule has 0 aliphatic rings. The predicted molar refractivity (Wildman–Crippen MR) is 88.5 cm³/mol. The average molecular weight is 328 g/mol. The molecule has 0 saturated carbocycles. The van der Waals surface area contributed by atoms with E-state index < -0.39 is 0 Å². The van der Waals surface area contributed by atoms with Crippen molar-refractivity contribution in [2.45, 2.75) is 13.0 Å². The number of aromatic nitrogens is 2. The Kier molecular flexibility index (Phi) is 6.85. The number of hydrogen-bond acceptors (Lipinski definition) is 5. The van der Waals surface area contributed by atoms with Crippen LogP contribution in [-0.4, -0.2) is 42.0 Å². The highest BCUT2D eigenvalue weighted by Gasteiger charge is 2.11. The molecule has 0 aromatic carbocycles. The topological polar surface area (TPSA) is 93.2 Å². The van der Waals surface area contributed by atoms with E-state index in [1.807, 2.05) is 6.07 Å². The largest absolute Gasteiger partial charge is 0.385 e. The predicted octanol–water partition coefficient (Wildman–Crippen LogP) is 1.17. The van der Waals surface area contributed by atoms with Gasteiger partial charge in [-0.15, -0.1) is 0 Å². The summed E-state index contributed by atoms with van der Waals surface area (Å²) in [5.74, 6) is -0.652. The molecule has 2 N–H and O–H groups in total. The summed E-state index contributed by atoms with van der Waals surface area (Å²) in [6.07, 6.45) is 4.06. The summed E-state index contributed by atoms with van der Waals surface area (Å²) in [7, 11) is 1.61. The second-order valence-corrected chi connectivity index (χ2v) is 5.05. The normalized spacial score (nSPS) is 10.2. The number of methoxy groups -OCH3 is 1. The molecule has 7 heteroatoms. The Labute approximate surface area is 140 Å². The maximum atomic E-state index is 12.1. The van der Waals surface area contributed by atoms with E-state index in [0.29, 0.717) is 26.1 Å². The molecule has 0 unspecified atom stereocenters. The molecule has 2 amide bonds. The fraction of sp³-hybridized carbons (Fsp3) is 0.294. The van der Waals surface area contributed by atoms with Crippen molar-refractivity contribution in [3.8, 4) is 0 Å². The van der Waals surface area contributed by atoms with E-state index in [1.165, 1.54) is 0 Å². The highest BCUT2D eigenvalue weighted by molar-refractivity contribution is 5.96. The molecule has 2 rings (SSSR count). The molecule has 0 bridgehead atoms. The summed E-state index contributed by atoms with van der Waals surface area (Å²) in [5.41, 5.74) is 1.29. The molecule has 0 spiro atoms. The minimum atomic E-state index is -0.340. The van der Waals surface area contributed by atoms with Crippen LogP contribution in [0.3, 0.4) is 0 Å². The van der Waals surface area contributed by atoms with Crippen LogP contribution in [0.5, 0.6) is 0 Å². The monoisotopic (exact) mass is 328 g/mol. The number of carbonyl (C=O) groups excluding carboxylic acids is 2. The number of hydrogen-bond donors (Lipinski definition) is 2. The molecule has 126 valence electrons. The van der Waals surface area contributed by atoms with E-state index in [9.17, 15) is 9.59 Å². The summed E-state index contributed by atoms with van der Waals surface area (Å²) < 4.78 is 4.92. The first-order valence-corrected chi connectivity index (χ1v) is 7.62. The lowest BCUT2D eigenvalue weighted by Crippen LogP contribution is -2.28. The minimum Gasteiger partial charge on any atom is -0.385 e. The van der Waals surface area contributed by atoms with Crippen LogP contribution in [0, 0.1) is 0 Å². The Morgan fingerprint density at radius 2 is 1.83 bits per heavy atom. The van der Waals surface area contributed by atoms with Crippen molar-refractivity contribution in [3.63, 3.8) is 0 Å². The third-order valence-electron chi connectivity index (χ3n) is 3.20. The lowest BCUT2D eigenvalue weighted by molar-refractivity contribution is 0.0940. The van der Waals surface area contributed by atoms with Gasteiger partial charge in [0.1, 0.15) is 11.4 Å². The number of pyridine rings is 2. The molecule has 0 fully saturated rings. The summed E-state index contributed by atoms with van der Waals surface area (Å²) >= 11 is 0. The second-order valence-electron chi connectivity index (χ2n) is 5.05. The van der Waals surface area contributed by atoms with Gasteiger partial charge in [-0.05, 0) is 30.2 Å². The highest BCUT2D eigenvalue weighted by atomic mass is 16.5. The van der Waals surface area contributed by atoms with Gasteiger partial charge in [0.05, 0.1) is 0 Å². The van der Waals surface area contributed by atoms with Crippen molar-refractivity contribution in [1.82, 2.24) is 20.6 Å². The van der Waals surface area contributed by atoms with Gasteiger partial charge in [-0.2, -0.15) is 0 Å². The fourth-order valence-electron chi connectivity index (χ4n) is 1.97. The van der Waals surface area contributed by atoms with Crippen molar-refractivity contribution in [1.29, 1.82) is 0 Å². The van der Waals surface area contributed by atoms with Crippen molar-refractivity contribution in [3.05, 3.63) is 59.7 Å². The summed E-state index contributed by atoms with van der Waals surface area (Å²) in [4.78, 5) is 32.3. The van der Waals surface area contributed by atoms with Crippen LogP contribution >= 0.6 is 0 Å². The Balaban J connectivity index is 1.91. The van der Waals surface area contributed by atoms with E-state index >= 15 is 0 Å². The van der Waals surface area contributed by atoms with Gasteiger partial charge in [-0.1, -0.05) is 12.1 Å². The molecular formula is C17H20N4O3. The van der Waals surface area contributed by atoms with E-state index in [-0.39, 0.29) is 23.2 Å². The van der Waals surface area contributed by atoms with Gasteiger partial charge in [0, 0.05) is 39.2 Å². The van der Waals surface area contributed by atoms with Crippen molar-refractivity contribution in [2.24, 2.45) is 0 Å². The van der Waals surface area contributed by atoms with Crippen molar-refractivity contribution >= 4 is 11.8 Å². The number of rotatable bonds is 8. The number of nitrogens with one attached hydrogen (secondary N) is 2. The quantitative estimate of drug-likeness (QED) is 0.710. The lowest BCUT2D eigenvalue weighted by Gasteiger charge is -2.07. The van der Waals surface area contributed by atoms with Gasteiger partial charge in [-0.3, -0.25) is 14.6 Å². The smallest absolute Gasteiger partial charge is 0.270 e. The van der Waals surface area contributed by atoms with E-state index in [0.717, 1.165) is 5.56 Å². The first kappa shape index (κ1) is 17.6. The maximum Gasteiger partial charge on any atom is 0.270 e. The molecule has 0 aliphatic heterocycles. The number of carbonyl (C=O) groups is 2.